The summed E-state index contributed by atoms with van der Waals surface area (Å²) in [6, 6.07) is 6.08. The highest BCUT2D eigenvalue weighted by molar-refractivity contribution is 6.34. The number of unbranched alkanes of at least 4 members (excludes halogenated alkanes) is 1. The van der Waals surface area contributed by atoms with Crippen molar-refractivity contribution in [3.05, 3.63) is 34.5 Å². The molecule has 1 aromatic heterocycles. The van der Waals surface area contributed by atoms with Gasteiger partial charge in [-0.25, -0.2) is 0 Å². The number of aromatic nitrogens is 1. The van der Waals surface area contributed by atoms with Crippen molar-refractivity contribution in [2.45, 2.75) is 39.7 Å². The van der Waals surface area contributed by atoms with Crippen LogP contribution in [0.2, 0.25) is 5.15 Å². The first-order valence-corrected chi connectivity index (χ1v) is 6.87. The molecular formula is C15H18ClNO. The molecule has 0 radical (unpaired) electrons. The number of para-hydroxylation sites is 1. The fourth-order valence-electron chi connectivity index (χ4n) is 2.41. The van der Waals surface area contributed by atoms with Gasteiger partial charge >= 0.3 is 0 Å². The molecule has 0 bridgehead atoms. The molecule has 0 aliphatic carbocycles. The maximum Gasteiger partial charge on any atom is 0.153 e. The van der Waals surface area contributed by atoms with Crippen LogP contribution < -0.4 is 0 Å². The van der Waals surface area contributed by atoms with Crippen LogP contribution in [0, 0.1) is 0 Å². The van der Waals surface area contributed by atoms with Crippen molar-refractivity contribution in [1.82, 2.24) is 4.57 Å². The van der Waals surface area contributed by atoms with Gasteiger partial charge in [-0.1, -0.05) is 50.1 Å². The summed E-state index contributed by atoms with van der Waals surface area (Å²) < 4.78 is 2.09. The molecule has 0 spiro atoms. The number of hydrogen-bond acceptors (Lipinski definition) is 1. The first-order valence-electron chi connectivity index (χ1n) is 6.49. The van der Waals surface area contributed by atoms with Gasteiger partial charge < -0.3 is 4.57 Å². The van der Waals surface area contributed by atoms with E-state index >= 15 is 0 Å². The topological polar surface area (TPSA) is 22.0 Å². The Bertz CT molecular complexity index is 571. The molecule has 2 rings (SSSR count). The number of halogens is 1. The normalized spacial score (nSPS) is 11.1. The van der Waals surface area contributed by atoms with E-state index in [1.807, 2.05) is 12.1 Å². The van der Waals surface area contributed by atoms with E-state index in [9.17, 15) is 4.79 Å². The summed E-state index contributed by atoms with van der Waals surface area (Å²) in [5.41, 5.74) is 3.00. The highest BCUT2D eigenvalue weighted by atomic mass is 35.5. The number of fused-ring (bicyclic) bond motifs is 1. The Hall–Kier alpha value is -1.28. The summed E-state index contributed by atoms with van der Waals surface area (Å²) in [4.78, 5) is 11.2. The SMILES string of the molecule is CCCCn1c(Cl)c(C=O)c2cccc(CC)c21. The molecule has 0 N–H and O–H groups in total. The molecule has 0 unspecified atom stereocenters. The molecule has 0 aliphatic rings. The molecule has 2 aromatic rings. The zero-order valence-corrected chi connectivity index (χ0v) is 11.6. The molecule has 1 aromatic carbocycles. The molecule has 0 aliphatic heterocycles. The van der Waals surface area contributed by atoms with Crippen LogP contribution in [0.3, 0.4) is 0 Å². The molecular weight excluding hydrogens is 246 g/mol. The lowest BCUT2D eigenvalue weighted by Crippen LogP contribution is -1.99. The number of nitrogens with zero attached hydrogens (tertiary/aromatic N) is 1. The average molecular weight is 264 g/mol. The monoisotopic (exact) mass is 263 g/mol. The molecule has 2 nitrogen and oxygen atoms in total. The third-order valence-corrected chi connectivity index (χ3v) is 3.78. The van der Waals surface area contributed by atoms with Crippen molar-refractivity contribution in [1.29, 1.82) is 0 Å². The van der Waals surface area contributed by atoms with E-state index < -0.39 is 0 Å². The van der Waals surface area contributed by atoms with Gasteiger partial charge in [0.2, 0.25) is 0 Å². The van der Waals surface area contributed by atoms with Crippen LogP contribution in [0.25, 0.3) is 10.9 Å². The van der Waals surface area contributed by atoms with E-state index in [-0.39, 0.29) is 0 Å². The first-order chi connectivity index (χ1) is 8.74. The fraction of sp³-hybridized carbons (Fsp3) is 0.400. The Morgan fingerprint density at radius 1 is 1.33 bits per heavy atom. The van der Waals surface area contributed by atoms with Crippen LogP contribution >= 0.6 is 11.6 Å². The fourth-order valence-corrected chi connectivity index (χ4v) is 2.72. The van der Waals surface area contributed by atoms with Crippen molar-refractivity contribution in [2.24, 2.45) is 0 Å². The van der Waals surface area contributed by atoms with E-state index in [1.54, 1.807) is 0 Å². The van der Waals surface area contributed by atoms with Gasteiger partial charge in [0.15, 0.2) is 6.29 Å². The minimum absolute atomic E-state index is 0.578. The van der Waals surface area contributed by atoms with Gasteiger partial charge in [0.25, 0.3) is 0 Å². The van der Waals surface area contributed by atoms with Gasteiger partial charge in [0.1, 0.15) is 5.15 Å². The van der Waals surface area contributed by atoms with Crippen molar-refractivity contribution in [3.63, 3.8) is 0 Å². The number of benzene rings is 1. The second-order valence-electron chi connectivity index (χ2n) is 4.49. The number of aryl methyl sites for hydroxylation is 2. The Morgan fingerprint density at radius 3 is 2.72 bits per heavy atom. The van der Waals surface area contributed by atoms with Crippen LogP contribution in [-0.4, -0.2) is 10.9 Å². The zero-order chi connectivity index (χ0) is 13.1. The average Bonchev–Trinajstić information content (AvgIpc) is 2.67. The number of carbonyl (C=O) groups is 1. The second kappa shape index (κ2) is 5.57. The third-order valence-electron chi connectivity index (χ3n) is 3.37. The molecule has 3 heteroatoms. The highest BCUT2D eigenvalue weighted by Gasteiger charge is 2.16. The molecule has 1 heterocycles. The van der Waals surface area contributed by atoms with Crippen LogP contribution in [-0.2, 0) is 13.0 Å². The van der Waals surface area contributed by atoms with Gasteiger partial charge in [-0.05, 0) is 18.4 Å². The molecule has 0 fully saturated rings. The number of aldehydes is 1. The summed E-state index contributed by atoms with van der Waals surface area (Å²) in [7, 11) is 0. The molecule has 0 saturated carbocycles. The van der Waals surface area contributed by atoms with Crippen molar-refractivity contribution in [3.8, 4) is 0 Å². The largest absolute Gasteiger partial charge is 0.331 e. The summed E-state index contributed by atoms with van der Waals surface area (Å²) in [5, 5.41) is 1.56. The summed E-state index contributed by atoms with van der Waals surface area (Å²) in [5.74, 6) is 0. The van der Waals surface area contributed by atoms with E-state index in [0.29, 0.717) is 10.7 Å². The minimum atomic E-state index is 0.578. The summed E-state index contributed by atoms with van der Waals surface area (Å²) in [6.45, 7) is 5.15. The minimum Gasteiger partial charge on any atom is -0.331 e. The van der Waals surface area contributed by atoms with Crippen molar-refractivity contribution < 1.29 is 4.79 Å². The molecule has 0 saturated heterocycles. The highest BCUT2D eigenvalue weighted by Crippen LogP contribution is 2.31. The molecule has 0 atom stereocenters. The molecule has 96 valence electrons. The predicted molar refractivity (Wildman–Crippen MR) is 76.6 cm³/mol. The van der Waals surface area contributed by atoms with E-state index in [1.165, 1.54) is 5.56 Å². The Kier molecular flexibility index (Phi) is 4.07. The summed E-state index contributed by atoms with van der Waals surface area (Å²) >= 11 is 6.35. The van der Waals surface area contributed by atoms with Crippen LogP contribution in [0.1, 0.15) is 42.6 Å². The number of rotatable bonds is 5. The number of carbonyl (C=O) groups excluding carboxylic acids is 1. The Balaban J connectivity index is 2.73. The van der Waals surface area contributed by atoms with Crippen LogP contribution in [0.4, 0.5) is 0 Å². The second-order valence-corrected chi connectivity index (χ2v) is 4.85. The lowest BCUT2D eigenvalue weighted by atomic mass is 10.1. The number of hydrogen-bond donors (Lipinski definition) is 0. The van der Waals surface area contributed by atoms with Gasteiger partial charge in [0.05, 0.1) is 11.1 Å². The molecule has 18 heavy (non-hydrogen) atoms. The maximum atomic E-state index is 11.2. The lowest BCUT2D eigenvalue weighted by Gasteiger charge is -2.09. The van der Waals surface area contributed by atoms with Crippen molar-refractivity contribution >= 4 is 28.8 Å². The van der Waals surface area contributed by atoms with E-state index in [4.69, 9.17) is 11.6 Å². The van der Waals surface area contributed by atoms with Gasteiger partial charge in [-0.15, -0.1) is 0 Å². The quantitative estimate of drug-likeness (QED) is 0.730. The smallest absolute Gasteiger partial charge is 0.153 e. The summed E-state index contributed by atoms with van der Waals surface area (Å²) in [6.07, 6.45) is 4.00. The van der Waals surface area contributed by atoms with Crippen LogP contribution in [0.15, 0.2) is 18.2 Å². The van der Waals surface area contributed by atoms with Crippen molar-refractivity contribution in [2.75, 3.05) is 0 Å². The van der Waals surface area contributed by atoms with Gasteiger partial charge in [-0.3, -0.25) is 4.79 Å². The van der Waals surface area contributed by atoms with Gasteiger partial charge in [0, 0.05) is 11.9 Å². The Labute approximate surface area is 113 Å². The maximum absolute atomic E-state index is 11.2. The Morgan fingerprint density at radius 2 is 2.11 bits per heavy atom. The zero-order valence-electron chi connectivity index (χ0n) is 10.9. The van der Waals surface area contributed by atoms with Gasteiger partial charge in [-0.2, -0.15) is 0 Å². The standard InChI is InChI=1S/C15H18ClNO/c1-3-5-9-17-14-11(4-2)7-6-8-12(14)13(10-18)15(17)16/h6-8,10H,3-5,9H2,1-2H3. The predicted octanol–water partition coefficient (Wildman–Crippen LogP) is 4.47. The van der Waals surface area contributed by atoms with E-state index in [0.717, 1.165) is 43.0 Å². The van der Waals surface area contributed by atoms with Crippen LogP contribution in [0.5, 0.6) is 0 Å². The third kappa shape index (κ3) is 2.05. The lowest BCUT2D eigenvalue weighted by molar-refractivity contribution is 0.112. The molecule has 0 amide bonds. The van der Waals surface area contributed by atoms with E-state index in [2.05, 4.69) is 24.5 Å². The first kappa shape index (κ1) is 13.2.